The number of amides is 1. The number of anilines is 1. The summed E-state index contributed by atoms with van der Waals surface area (Å²) in [5.74, 6) is -0.137. The Morgan fingerprint density at radius 1 is 1.22 bits per heavy atom. The van der Waals surface area contributed by atoms with Gasteiger partial charge in [-0.2, -0.15) is 5.10 Å². The van der Waals surface area contributed by atoms with Gasteiger partial charge in [0.25, 0.3) is 5.91 Å². The van der Waals surface area contributed by atoms with Crippen LogP contribution in [0, 0.1) is 6.92 Å². The van der Waals surface area contributed by atoms with Gasteiger partial charge in [-0.15, -0.1) is 0 Å². The van der Waals surface area contributed by atoms with Crippen molar-refractivity contribution in [1.82, 2.24) is 14.8 Å². The van der Waals surface area contributed by atoms with Gasteiger partial charge in [-0.25, -0.2) is 9.67 Å². The van der Waals surface area contributed by atoms with Crippen LogP contribution in [0.3, 0.4) is 0 Å². The highest BCUT2D eigenvalue weighted by Gasteiger charge is 2.08. The molecule has 0 bridgehead atoms. The van der Waals surface area contributed by atoms with E-state index in [0.717, 1.165) is 21.3 Å². The number of hydrogen-bond acceptors (Lipinski definition) is 3. The van der Waals surface area contributed by atoms with Gasteiger partial charge in [-0.1, -0.05) is 18.2 Å². The van der Waals surface area contributed by atoms with E-state index >= 15 is 0 Å². The summed E-state index contributed by atoms with van der Waals surface area (Å²) in [6.07, 6.45) is 3.16. The van der Waals surface area contributed by atoms with Crippen LogP contribution in [-0.2, 0) is 6.54 Å². The summed E-state index contributed by atoms with van der Waals surface area (Å²) in [5.41, 5.74) is 3.56. The van der Waals surface area contributed by atoms with E-state index in [-0.39, 0.29) is 5.91 Å². The monoisotopic (exact) mass is 370 g/mol. The van der Waals surface area contributed by atoms with Crippen molar-refractivity contribution >= 4 is 27.5 Å². The number of aromatic nitrogens is 3. The molecule has 23 heavy (non-hydrogen) atoms. The lowest BCUT2D eigenvalue weighted by Gasteiger charge is -2.09. The van der Waals surface area contributed by atoms with Crippen molar-refractivity contribution in [3.8, 4) is 0 Å². The molecule has 116 valence electrons. The van der Waals surface area contributed by atoms with E-state index in [1.54, 1.807) is 11.0 Å². The molecule has 0 aliphatic heterocycles. The number of carbonyl (C=O) groups excluding carboxylic acids is 1. The van der Waals surface area contributed by atoms with Crippen LogP contribution in [0.4, 0.5) is 5.69 Å². The summed E-state index contributed by atoms with van der Waals surface area (Å²) in [5, 5.41) is 6.97. The number of benzene rings is 2. The average molecular weight is 371 g/mol. The van der Waals surface area contributed by atoms with Gasteiger partial charge in [-0.3, -0.25) is 4.79 Å². The zero-order chi connectivity index (χ0) is 16.2. The molecule has 1 amide bonds. The summed E-state index contributed by atoms with van der Waals surface area (Å²) in [7, 11) is 0. The predicted molar refractivity (Wildman–Crippen MR) is 92.4 cm³/mol. The minimum absolute atomic E-state index is 0.137. The SMILES string of the molecule is Cc1ccc(NC(=O)c2ccc(Cn3cncn3)cc2)c(Br)c1. The molecule has 0 saturated heterocycles. The third kappa shape index (κ3) is 3.84. The van der Waals surface area contributed by atoms with Crippen molar-refractivity contribution in [3.05, 3.63) is 76.3 Å². The molecule has 5 nitrogen and oxygen atoms in total. The molecule has 2 aromatic carbocycles. The third-order valence-corrected chi connectivity index (χ3v) is 4.06. The summed E-state index contributed by atoms with van der Waals surface area (Å²) >= 11 is 3.46. The highest BCUT2D eigenvalue weighted by atomic mass is 79.9. The Bertz CT molecular complexity index is 813. The molecule has 0 unspecified atom stereocenters. The molecule has 1 N–H and O–H groups in total. The van der Waals surface area contributed by atoms with Crippen LogP contribution in [0.2, 0.25) is 0 Å². The maximum absolute atomic E-state index is 12.3. The van der Waals surface area contributed by atoms with E-state index in [2.05, 4.69) is 31.3 Å². The molecule has 0 aliphatic carbocycles. The Labute approximate surface area is 142 Å². The molecule has 0 fully saturated rings. The fourth-order valence-electron chi connectivity index (χ4n) is 2.18. The summed E-state index contributed by atoms with van der Waals surface area (Å²) in [6.45, 7) is 2.63. The van der Waals surface area contributed by atoms with Crippen molar-refractivity contribution < 1.29 is 4.79 Å². The fraction of sp³-hybridized carbons (Fsp3) is 0.118. The first-order valence-corrected chi connectivity index (χ1v) is 7.90. The second-order valence-corrected chi connectivity index (χ2v) is 6.08. The lowest BCUT2D eigenvalue weighted by atomic mass is 10.1. The second kappa shape index (κ2) is 6.75. The Kier molecular flexibility index (Phi) is 4.52. The highest BCUT2D eigenvalue weighted by Crippen LogP contribution is 2.24. The minimum Gasteiger partial charge on any atom is -0.321 e. The normalized spacial score (nSPS) is 10.5. The molecule has 0 atom stereocenters. The molecule has 3 rings (SSSR count). The van der Waals surface area contributed by atoms with Gasteiger partial charge in [0.2, 0.25) is 0 Å². The van der Waals surface area contributed by atoms with Crippen molar-refractivity contribution in [1.29, 1.82) is 0 Å². The van der Waals surface area contributed by atoms with Crippen LogP contribution in [0.15, 0.2) is 59.6 Å². The maximum Gasteiger partial charge on any atom is 0.255 e. The van der Waals surface area contributed by atoms with Crippen molar-refractivity contribution in [2.45, 2.75) is 13.5 Å². The molecule has 3 aromatic rings. The fourth-order valence-corrected chi connectivity index (χ4v) is 2.77. The standard InChI is InChI=1S/C17H15BrN4O/c1-12-2-7-16(15(18)8-12)21-17(23)14-5-3-13(4-6-14)9-22-11-19-10-20-22/h2-8,10-11H,9H2,1H3,(H,21,23). The highest BCUT2D eigenvalue weighted by molar-refractivity contribution is 9.10. The van der Waals surface area contributed by atoms with Crippen molar-refractivity contribution in [3.63, 3.8) is 0 Å². The predicted octanol–water partition coefficient (Wildman–Crippen LogP) is 3.65. The van der Waals surface area contributed by atoms with E-state index < -0.39 is 0 Å². The molecule has 0 aliphatic rings. The number of nitrogens with one attached hydrogen (secondary N) is 1. The minimum atomic E-state index is -0.137. The number of carbonyl (C=O) groups is 1. The Balaban J connectivity index is 1.70. The van der Waals surface area contributed by atoms with Gasteiger partial charge < -0.3 is 5.32 Å². The van der Waals surface area contributed by atoms with Crippen LogP contribution >= 0.6 is 15.9 Å². The Hall–Kier alpha value is -2.47. The van der Waals surface area contributed by atoms with E-state index in [9.17, 15) is 4.79 Å². The topological polar surface area (TPSA) is 59.8 Å². The molecular formula is C17H15BrN4O. The van der Waals surface area contributed by atoms with Crippen molar-refractivity contribution in [2.75, 3.05) is 5.32 Å². The van der Waals surface area contributed by atoms with E-state index in [1.807, 2.05) is 49.4 Å². The Morgan fingerprint density at radius 3 is 2.65 bits per heavy atom. The molecule has 6 heteroatoms. The van der Waals surface area contributed by atoms with Crippen LogP contribution in [0.25, 0.3) is 0 Å². The summed E-state index contributed by atoms with van der Waals surface area (Å²) in [4.78, 5) is 16.2. The first kappa shape index (κ1) is 15.4. The molecule has 0 radical (unpaired) electrons. The van der Waals surface area contributed by atoms with Crippen LogP contribution in [0.5, 0.6) is 0 Å². The molecule has 1 aromatic heterocycles. The summed E-state index contributed by atoms with van der Waals surface area (Å²) < 4.78 is 2.60. The van der Waals surface area contributed by atoms with Gasteiger partial charge >= 0.3 is 0 Å². The number of nitrogens with zero attached hydrogens (tertiary/aromatic N) is 3. The average Bonchev–Trinajstić information content (AvgIpc) is 3.04. The quantitative estimate of drug-likeness (QED) is 0.762. The molecule has 1 heterocycles. The second-order valence-electron chi connectivity index (χ2n) is 5.23. The molecular weight excluding hydrogens is 356 g/mol. The number of rotatable bonds is 4. The Morgan fingerprint density at radius 2 is 2.00 bits per heavy atom. The van der Waals surface area contributed by atoms with Crippen molar-refractivity contribution in [2.24, 2.45) is 0 Å². The van der Waals surface area contributed by atoms with Crippen LogP contribution in [0.1, 0.15) is 21.5 Å². The number of aryl methyl sites for hydroxylation is 1. The van der Waals surface area contributed by atoms with Crippen LogP contribution < -0.4 is 5.32 Å². The van der Waals surface area contributed by atoms with E-state index in [1.165, 1.54) is 6.33 Å². The summed E-state index contributed by atoms with van der Waals surface area (Å²) in [6, 6.07) is 13.3. The largest absolute Gasteiger partial charge is 0.321 e. The first-order valence-electron chi connectivity index (χ1n) is 7.11. The lowest BCUT2D eigenvalue weighted by molar-refractivity contribution is 0.102. The van der Waals surface area contributed by atoms with Gasteiger partial charge in [0.05, 0.1) is 12.2 Å². The zero-order valence-electron chi connectivity index (χ0n) is 12.5. The lowest BCUT2D eigenvalue weighted by Crippen LogP contribution is -2.12. The van der Waals surface area contributed by atoms with Crippen LogP contribution in [-0.4, -0.2) is 20.7 Å². The zero-order valence-corrected chi connectivity index (χ0v) is 14.1. The van der Waals surface area contributed by atoms with Gasteiger partial charge in [0.15, 0.2) is 0 Å². The number of halogens is 1. The van der Waals surface area contributed by atoms with E-state index in [0.29, 0.717) is 12.1 Å². The number of hydrogen-bond donors (Lipinski definition) is 1. The third-order valence-electron chi connectivity index (χ3n) is 3.40. The van der Waals surface area contributed by atoms with Gasteiger partial charge in [0.1, 0.15) is 12.7 Å². The van der Waals surface area contributed by atoms with Gasteiger partial charge in [0, 0.05) is 10.0 Å². The van der Waals surface area contributed by atoms with E-state index in [4.69, 9.17) is 0 Å². The molecule has 0 saturated carbocycles. The first-order chi connectivity index (χ1) is 11.1. The smallest absolute Gasteiger partial charge is 0.255 e. The maximum atomic E-state index is 12.3. The van der Waals surface area contributed by atoms with Gasteiger partial charge in [-0.05, 0) is 58.2 Å². The molecule has 0 spiro atoms.